The summed E-state index contributed by atoms with van der Waals surface area (Å²) in [5, 5.41) is 7.32. The molecule has 0 saturated carbocycles. The van der Waals surface area contributed by atoms with E-state index in [9.17, 15) is 0 Å². The van der Waals surface area contributed by atoms with Crippen LogP contribution >= 0.6 is 0 Å². The number of aliphatic imine (C=N–C) groups is 1. The molecule has 3 aromatic heterocycles. The molecule has 4 heterocycles. The highest BCUT2D eigenvalue weighted by Gasteiger charge is 2.18. The molecule has 0 aliphatic carbocycles. The van der Waals surface area contributed by atoms with E-state index in [2.05, 4.69) is 167 Å². The molecule has 0 atom stereocenters. The van der Waals surface area contributed by atoms with Crippen molar-refractivity contribution in [3.05, 3.63) is 181 Å². The van der Waals surface area contributed by atoms with Crippen LogP contribution in [0.15, 0.2) is 175 Å². The predicted molar refractivity (Wildman–Crippen MR) is 212 cm³/mol. The summed E-state index contributed by atoms with van der Waals surface area (Å²) in [6.07, 6.45) is 7.84. The van der Waals surface area contributed by atoms with Crippen molar-refractivity contribution in [2.45, 2.75) is 12.8 Å². The van der Waals surface area contributed by atoms with Crippen LogP contribution in [0, 0.1) is 0 Å². The third kappa shape index (κ3) is 5.03. The second-order valence-electron chi connectivity index (χ2n) is 13.2. The Hall–Kier alpha value is -6.65. The predicted octanol–water partition coefficient (Wildman–Crippen LogP) is 11.8. The monoisotopic (exact) mass is 652 g/mol. The Morgan fingerprint density at radius 3 is 2.14 bits per heavy atom. The van der Waals surface area contributed by atoms with Crippen LogP contribution in [-0.4, -0.2) is 20.2 Å². The number of allylic oxidation sites excluding steroid dienone is 1. The van der Waals surface area contributed by atoms with E-state index in [1.807, 2.05) is 12.4 Å². The fourth-order valence-corrected chi connectivity index (χ4v) is 7.75. The van der Waals surface area contributed by atoms with Crippen LogP contribution in [0.4, 0.5) is 0 Å². The number of nitrogens with zero attached hydrogens (tertiary/aromatic N) is 4. The Balaban J connectivity index is 1.11. The topological polar surface area (TPSA) is 43.1 Å². The number of rotatable bonds is 5. The first-order valence-corrected chi connectivity index (χ1v) is 17.5. The fourth-order valence-electron chi connectivity index (χ4n) is 7.75. The highest BCUT2D eigenvalue weighted by atomic mass is 15.0. The van der Waals surface area contributed by atoms with Gasteiger partial charge in [-0.2, -0.15) is 0 Å². The summed E-state index contributed by atoms with van der Waals surface area (Å²) in [5.41, 5.74) is 11.7. The Labute approximate surface area is 295 Å². The summed E-state index contributed by atoms with van der Waals surface area (Å²) in [5.74, 6) is 0. The number of fused-ring (bicyclic) bond motifs is 6. The van der Waals surface area contributed by atoms with Crippen LogP contribution in [0.25, 0.3) is 77.1 Å². The van der Waals surface area contributed by atoms with Crippen LogP contribution in [-0.2, 0) is 0 Å². The first-order valence-electron chi connectivity index (χ1n) is 17.5. The summed E-state index contributed by atoms with van der Waals surface area (Å²) in [6, 6.07) is 54.0. The minimum Gasteiger partial charge on any atom is -0.308 e. The molecule has 0 amide bonds. The van der Waals surface area contributed by atoms with E-state index in [-0.39, 0.29) is 0 Å². The van der Waals surface area contributed by atoms with E-state index >= 15 is 0 Å². The maximum absolute atomic E-state index is 5.34. The van der Waals surface area contributed by atoms with Crippen LogP contribution in [0.2, 0.25) is 0 Å². The van der Waals surface area contributed by atoms with Crippen LogP contribution < -0.4 is 0 Å². The van der Waals surface area contributed by atoms with Crippen molar-refractivity contribution in [1.82, 2.24) is 14.5 Å². The lowest BCUT2D eigenvalue weighted by molar-refractivity contribution is 1.05. The molecule has 0 fully saturated rings. The van der Waals surface area contributed by atoms with Crippen molar-refractivity contribution < 1.29 is 0 Å². The summed E-state index contributed by atoms with van der Waals surface area (Å²) in [4.78, 5) is 15.1. The van der Waals surface area contributed by atoms with Crippen LogP contribution in [0.1, 0.15) is 24.1 Å². The molecule has 4 nitrogen and oxygen atoms in total. The maximum Gasteiger partial charge on any atom is 0.0852 e. The zero-order chi connectivity index (χ0) is 33.7. The summed E-state index contributed by atoms with van der Waals surface area (Å²) < 4.78 is 2.33. The molecule has 51 heavy (non-hydrogen) atoms. The van der Waals surface area contributed by atoms with E-state index in [0.717, 1.165) is 74.6 Å². The third-order valence-electron chi connectivity index (χ3n) is 10.1. The van der Waals surface area contributed by atoms with E-state index < -0.39 is 0 Å². The van der Waals surface area contributed by atoms with Crippen molar-refractivity contribution in [2.24, 2.45) is 4.99 Å². The van der Waals surface area contributed by atoms with E-state index in [0.29, 0.717) is 0 Å². The molecule has 10 rings (SSSR count). The molecular formula is C47H32N4. The Kier molecular flexibility index (Phi) is 6.91. The van der Waals surface area contributed by atoms with Gasteiger partial charge in [0, 0.05) is 33.8 Å². The first kappa shape index (κ1) is 29.3. The van der Waals surface area contributed by atoms with Gasteiger partial charge in [-0.25, -0.2) is 4.98 Å². The van der Waals surface area contributed by atoms with Crippen molar-refractivity contribution in [1.29, 1.82) is 0 Å². The van der Waals surface area contributed by atoms with Crippen molar-refractivity contribution in [3.8, 4) is 28.1 Å². The smallest absolute Gasteiger partial charge is 0.0852 e. The number of hydrogen-bond acceptors (Lipinski definition) is 3. The SMILES string of the molecule is C1=C(c2cc(-c3ccccc3)cc(-n3c4ccccc4c4ccncc43)c2)N=C(c2cccc(-c3cc4ccccc4c4ccccc34)n2)CC1. The Bertz CT molecular complexity index is 2810. The van der Waals surface area contributed by atoms with Gasteiger partial charge in [-0.3, -0.25) is 9.98 Å². The van der Waals surface area contributed by atoms with E-state index in [4.69, 9.17) is 9.98 Å². The minimum absolute atomic E-state index is 0.836. The number of hydrogen-bond donors (Lipinski definition) is 0. The summed E-state index contributed by atoms with van der Waals surface area (Å²) in [6.45, 7) is 0. The summed E-state index contributed by atoms with van der Waals surface area (Å²) >= 11 is 0. The Morgan fingerprint density at radius 1 is 0.510 bits per heavy atom. The molecule has 0 radical (unpaired) electrons. The highest BCUT2D eigenvalue weighted by Crippen LogP contribution is 2.37. The molecule has 240 valence electrons. The van der Waals surface area contributed by atoms with E-state index in [1.54, 1.807) is 0 Å². The zero-order valence-electron chi connectivity index (χ0n) is 27.9. The number of para-hydroxylation sites is 1. The minimum atomic E-state index is 0.836. The van der Waals surface area contributed by atoms with Gasteiger partial charge in [-0.05, 0) is 94.0 Å². The number of aromatic nitrogens is 3. The molecule has 9 aromatic rings. The number of pyridine rings is 2. The lowest BCUT2D eigenvalue weighted by Gasteiger charge is -2.17. The molecule has 1 aliphatic rings. The zero-order valence-corrected chi connectivity index (χ0v) is 27.9. The van der Waals surface area contributed by atoms with Crippen molar-refractivity contribution in [2.75, 3.05) is 0 Å². The molecule has 0 N–H and O–H groups in total. The second kappa shape index (κ2) is 12.0. The summed E-state index contributed by atoms with van der Waals surface area (Å²) in [7, 11) is 0. The van der Waals surface area contributed by atoms with Crippen LogP contribution in [0.5, 0.6) is 0 Å². The van der Waals surface area contributed by atoms with Gasteiger partial charge in [0.1, 0.15) is 0 Å². The normalized spacial score (nSPS) is 13.2. The standard InChI is InChI=1S/C47H32N4/c1-2-12-31(13-3-1)33-26-34(28-35(27-33)51-46-23-9-8-18-39(46)40-24-25-48-30-47(40)51)42-19-10-21-44(49-42)45-22-11-20-43(50-45)41-29-32-14-4-5-15-36(32)37-16-6-7-17-38(37)41/h1-9,11-20,22-30H,10,21H2. The molecule has 6 aromatic carbocycles. The third-order valence-corrected chi connectivity index (χ3v) is 10.1. The van der Waals surface area contributed by atoms with Crippen molar-refractivity contribution >= 4 is 54.8 Å². The maximum atomic E-state index is 5.34. The van der Waals surface area contributed by atoms with Gasteiger partial charge in [-0.15, -0.1) is 0 Å². The van der Waals surface area contributed by atoms with Gasteiger partial charge in [0.25, 0.3) is 0 Å². The molecule has 0 spiro atoms. The molecule has 4 heteroatoms. The highest BCUT2D eigenvalue weighted by molar-refractivity contribution is 6.14. The van der Waals surface area contributed by atoms with Gasteiger partial charge in [0.15, 0.2) is 0 Å². The van der Waals surface area contributed by atoms with Gasteiger partial charge in [-0.1, -0.05) is 109 Å². The molecule has 0 saturated heterocycles. The Morgan fingerprint density at radius 2 is 1.24 bits per heavy atom. The van der Waals surface area contributed by atoms with Crippen LogP contribution in [0.3, 0.4) is 0 Å². The van der Waals surface area contributed by atoms with E-state index in [1.165, 1.54) is 32.3 Å². The van der Waals surface area contributed by atoms with Gasteiger partial charge < -0.3 is 4.57 Å². The fraction of sp³-hybridized carbons (Fsp3) is 0.0426. The molecule has 1 aliphatic heterocycles. The lowest BCUT2D eigenvalue weighted by Crippen LogP contribution is -2.08. The van der Waals surface area contributed by atoms with Gasteiger partial charge in [0.2, 0.25) is 0 Å². The van der Waals surface area contributed by atoms with Gasteiger partial charge in [0.05, 0.1) is 40.0 Å². The molecule has 0 bridgehead atoms. The van der Waals surface area contributed by atoms with Crippen molar-refractivity contribution in [3.63, 3.8) is 0 Å². The second-order valence-corrected chi connectivity index (χ2v) is 13.2. The molecular weight excluding hydrogens is 621 g/mol. The number of benzene rings is 6. The lowest BCUT2D eigenvalue weighted by atomic mass is 9.95. The average Bonchev–Trinajstić information content (AvgIpc) is 3.55. The van der Waals surface area contributed by atoms with Gasteiger partial charge >= 0.3 is 0 Å². The first-order chi connectivity index (χ1) is 25.3. The average molecular weight is 653 g/mol. The quantitative estimate of drug-likeness (QED) is 0.174. The molecule has 0 unspecified atom stereocenters. The largest absolute Gasteiger partial charge is 0.308 e.